The van der Waals surface area contributed by atoms with Gasteiger partial charge in [-0.15, -0.1) is 0 Å². The van der Waals surface area contributed by atoms with E-state index in [1.165, 1.54) is 51.4 Å². The molecular formula is C16H28O. The van der Waals surface area contributed by atoms with Crippen molar-refractivity contribution in [3.05, 3.63) is 12.2 Å². The smallest absolute Gasteiger partial charge is 0.158 e. The summed E-state index contributed by atoms with van der Waals surface area (Å²) in [7, 11) is 0. The van der Waals surface area contributed by atoms with E-state index in [1.54, 1.807) is 6.08 Å². The van der Waals surface area contributed by atoms with Gasteiger partial charge in [0.1, 0.15) is 0 Å². The molecule has 1 aliphatic carbocycles. The third kappa shape index (κ3) is 6.65. The largest absolute Gasteiger partial charge is 0.295 e. The number of ketones is 1. The Morgan fingerprint density at radius 1 is 1.06 bits per heavy atom. The van der Waals surface area contributed by atoms with Crippen LogP contribution in [0.5, 0.6) is 0 Å². The molecule has 0 heterocycles. The fourth-order valence-electron chi connectivity index (χ4n) is 2.59. The normalized spacial score (nSPS) is 19.8. The van der Waals surface area contributed by atoms with Crippen LogP contribution in [0.4, 0.5) is 0 Å². The van der Waals surface area contributed by atoms with Crippen molar-refractivity contribution < 1.29 is 4.79 Å². The van der Waals surface area contributed by atoms with Crippen LogP contribution in [-0.4, -0.2) is 5.78 Å². The molecule has 1 atom stereocenters. The summed E-state index contributed by atoms with van der Waals surface area (Å²) >= 11 is 0. The number of hydrogen-bond acceptors (Lipinski definition) is 1. The minimum absolute atomic E-state index is 0.347. The molecule has 0 N–H and O–H groups in total. The van der Waals surface area contributed by atoms with Gasteiger partial charge in [0.25, 0.3) is 0 Å². The Labute approximate surface area is 107 Å². The minimum Gasteiger partial charge on any atom is -0.295 e. The number of carbonyl (C=O) groups excluding carboxylic acids is 1. The second-order valence-corrected chi connectivity index (χ2v) is 5.34. The highest BCUT2D eigenvalue weighted by molar-refractivity contribution is 5.92. The van der Waals surface area contributed by atoms with E-state index in [2.05, 4.69) is 6.92 Å². The molecule has 0 radical (unpaired) electrons. The predicted molar refractivity (Wildman–Crippen MR) is 74.1 cm³/mol. The molecule has 17 heavy (non-hydrogen) atoms. The quantitative estimate of drug-likeness (QED) is 0.512. The van der Waals surface area contributed by atoms with Gasteiger partial charge in [-0.25, -0.2) is 0 Å². The van der Waals surface area contributed by atoms with E-state index in [-0.39, 0.29) is 0 Å². The maximum atomic E-state index is 11.5. The Bertz CT molecular complexity index is 230. The summed E-state index contributed by atoms with van der Waals surface area (Å²) in [5.41, 5.74) is 0. The van der Waals surface area contributed by atoms with E-state index in [4.69, 9.17) is 0 Å². The fourth-order valence-corrected chi connectivity index (χ4v) is 2.59. The van der Waals surface area contributed by atoms with Gasteiger partial charge in [-0.2, -0.15) is 0 Å². The predicted octanol–water partition coefficient (Wildman–Crippen LogP) is 5.05. The second-order valence-electron chi connectivity index (χ2n) is 5.34. The standard InChI is InChI=1S/C16H28O/c1-2-3-4-5-6-7-8-9-12-15-13-10-11-14-16(15)17/h11,14-15H,2-10,12-13H2,1H3. The molecule has 0 aromatic heterocycles. The first-order valence-corrected chi connectivity index (χ1v) is 7.55. The molecule has 0 fully saturated rings. The van der Waals surface area contributed by atoms with E-state index in [1.807, 2.05) is 6.08 Å². The number of carbonyl (C=O) groups is 1. The van der Waals surface area contributed by atoms with Crippen LogP contribution in [0.2, 0.25) is 0 Å². The first kappa shape index (κ1) is 14.5. The van der Waals surface area contributed by atoms with Crippen molar-refractivity contribution >= 4 is 5.78 Å². The summed E-state index contributed by atoms with van der Waals surface area (Å²) in [5, 5.41) is 0. The molecule has 1 heteroatoms. The SMILES string of the molecule is CCCCCCCCCCC1CCC=CC1=O. The third-order valence-electron chi connectivity index (χ3n) is 3.77. The van der Waals surface area contributed by atoms with Gasteiger partial charge in [0, 0.05) is 5.92 Å². The van der Waals surface area contributed by atoms with Gasteiger partial charge in [-0.1, -0.05) is 64.4 Å². The van der Waals surface area contributed by atoms with Crippen LogP contribution >= 0.6 is 0 Å². The average Bonchev–Trinajstić information content (AvgIpc) is 2.35. The summed E-state index contributed by atoms with van der Waals surface area (Å²) < 4.78 is 0. The number of allylic oxidation sites excluding steroid dienone is 2. The summed E-state index contributed by atoms with van der Waals surface area (Å²) in [6, 6.07) is 0. The first-order valence-electron chi connectivity index (χ1n) is 7.55. The van der Waals surface area contributed by atoms with Crippen LogP contribution < -0.4 is 0 Å². The number of rotatable bonds is 9. The lowest BCUT2D eigenvalue weighted by Crippen LogP contribution is -2.14. The van der Waals surface area contributed by atoms with E-state index < -0.39 is 0 Å². The van der Waals surface area contributed by atoms with Crippen molar-refractivity contribution in [3.8, 4) is 0 Å². The van der Waals surface area contributed by atoms with Crippen molar-refractivity contribution in [2.75, 3.05) is 0 Å². The van der Waals surface area contributed by atoms with Gasteiger partial charge in [-0.3, -0.25) is 4.79 Å². The van der Waals surface area contributed by atoms with Gasteiger partial charge in [-0.05, 0) is 25.3 Å². The molecular weight excluding hydrogens is 208 g/mol. The lowest BCUT2D eigenvalue weighted by molar-refractivity contribution is -0.119. The zero-order valence-corrected chi connectivity index (χ0v) is 11.4. The molecule has 0 aromatic carbocycles. The van der Waals surface area contributed by atoms with E-state index in [0.717, 1.165) is 19.3 Å². The Hall–Kier alpha value is -0.590. The average molecular weight is 236 g/mol. The van der Waals surface area contributed by atoms with Crippen LogP contribution in [0.25, 0.3) is 0 Å². The monoisotopic (exact) mass is 236 g/mol. The third-order valence-corrected chi connectivity index (χ3v) is 3.77. The number of hydrogen-bond donors (Lipinski definition) is 0. The Balaban J connectivity index is 1.90. The molecule has 0 spiro atoms. The van der Waals surface area contributed by atoms with Gasteiger partial charge >= 0.3 is 0 Å². The molecule has 0 saturated carbocycles. The highest BCUT2D eigenvalue weighted by Crippen LogP contribution is 2.21. The van der Waals surface area contributed by atoms with Crippen molar-refractivity contribution in [2.24, 2.45) is 5.92 Å². The first-order chi connectivity index (χ1) is 8.34. The minimum atomic E-state index is 0.347. The molecule has 0 bridgehead atoms. The van der Waals surface area contributed by atoms with Gasteiger partial charge in [0.15, 0.2) is 5.78 Å². The van der Waals surface area contributed by atoms with E-state index >= 15 is 0 Å². The van der Waals surface area contributed by atoms with Crippen molar-refractivity contribution in [1.82, 2.24) is 0 Å². The molecule has 1 aliphatic rings. The summed E-state index contributed by atoms with van der Waals surface area (Å²) in [4.78, 5) is 11.5. The van der Waals surface area contributed by atoms with Gasteiger partial charge in [0.05, 0.1) is 0 Å². The molecule has 0 aliphatic heterocycles. The molecule has 0 saturated heterocycles. The summed E-state index contributed by atoms with van der Waals surface area (Å²) in [5.74, 6) is 0.722. The van der Waals surface area contributed by atoms with Crippen LogP contribution in [-0.2, 0) is 4.79 Å². The molecule has 0 amide bonds. The topological polar surface area (TPSA) is 17.1 Å². The number of unbranched alkanes of at least 4 members (excludes halogenated alkanes) is 7. The van der Waals surface area contributed by atoms with Crippen molar-refractivity contribution in [1.29, 1.82) is 0 Å². The molecule has 1 nitrogen and oxygen atoms in total. The van der Waals surface area contributed by atoms with Crippen LogP contribution in [0, 0.1) is 5.92 Å². The van der Waals surface area contributed by atoms with Gasteiger partial charge < -0.3 is 0 Å². The van der Waals surface area contributed by atoms with Crippen LogP contribution in [0.3, 0.4) is 0 Å². The van der Waals surface area contributed by atoms with Crippen molar-refractivity contribution in [3.63, 3.8) is 0 Å². The Kier molecular flexibility index (Phi) is 8.04. The molecule has 0 aromatic rings. The lowest BCUT2D eigenvalue weighted by Gasteiger charge is -2.15. The summed E-state index contributed by atoms with van der Waals surface area (Å²) in [6.07, 6.45) is 18.0. The highest BCUT2D eigenvalue weighted by atomic mass is 16.1. The maximum absolute atomic E-state index is 11.5. The second kappa shape index (κ2) is 9.44. The van der Waals surface area contributed by atoms with Crippen LogP contribution in [0.15, 0.2) is 12.2 Å². The fraction of sp³-hybridized carbons (Fsp3) is 0.812. The zero-order chi connectivity index (χ0) is 12.3. The van der Waals surface area contributed by atoms with E-state index in [9.17, 15) is 4.79 Å². The molecule has 1 unspecified atom stereocenters. The van der Waals surface area contributed by atoms with Crippen LogP contribution in [0.1, 0.15) is 77.6 Å². The lowest BCUT2D eigenvalue weighted by atomic mass is 9.88. The molecule has 1 rings (SSSR count). The van der Waals surface area contributed by atoms with E-state index in [0.29, 0.717) is 11.7 Å². The summed E-state index contributed by atoms with van der Waals surface area (Å²) in [6.45, 7) is 2.26. The van der Waals surface area contributed by atoms with Gasteiger partial charge in [0.2, 0.25) is 0 Å². The Morgan fingerprint density at radius 2 is 1.71 bits per heavy atom. The zero-order valence-electron chi connectivity index (χ0n) is 11.4. The molecule has 98 valence electrons. The van der Waals surface area contributed by atoms with Crippen molar-refractivity contribution in [2.45, 2.75) is 77.6 Å². The maximum Gasteiger partial charge on any atom is 0.158 e. The Morgan fingerprint density at radius 3 is 2.35 bits per heavy atom. The highest BCUT2D eigenvalue weighted by Gasteiger charge is 2.17.